The molecule has 1 saturated heterocycles. The topological polar surface area (TPSA) is 53.4 Å². The summed E-state index contributed by atoms with van der Waals surface area (Å²) >= 11 is 0. The van der Waals surface area contributed by atoms with Gasteiger partial charge in [-0.1, -0.05) is 12.8 Å². The Balaban J connectivity index is 1.97. The number of pyridine rings is 1. The average Bonchev–Trinajstić information content (AvgIpc) is 2.82. The van der Waals surface area contributed by atoms with E-state index < -0.39 is 5.97 Å². The van der Waals surface area contributed by atoms with Gasteiger partial charge < -0.3 is 10.0 Å². The highest BCUT2D eigenvalue weighted by Gasteiger charge is 2.37. The van der Waals surface area contributed by atoms with Crippen molar-refractivity contribution in [1.29, 1.82) is 0 Å². The molecule has 0 bridgehead atoms. The van der Waals surface area contributed by atoms with E-state index in [0.29, 0.717) is 11.6 Å². The Kier molecular flexibility index (Phi) is 3.17. The molecule has 1 aliphatic heterocycles. The van der Waals surface area contributed by atoms with E-state index in [2.05, 4.69) is 9.88 Å². The number of anilines is 1. The lowest BCUT2D eigenvalue weighted by Crippen LogP contribution is -2.35. The zero-order chi connectivity index (χ0) is 13.4. The fourth-order valence-electron chi connectivity index (χ4n) is 3.65. The van der Waals surface area contributed by atoms with Crippen molar-refractivity contribution in [2.45, 2.75) is 45.1 Å². The fraction of sp³-hybridized carbons (Fsp3) is 0.600. The second-order valence-corrected chi connectivity index (χ2v) is 5.74. The number of rotatable bonds is 2. The van der Waals surface area contributed by atoms with E-state index in [0.717, 1.165) is 23.8 Å². The average molecular weight is 260 g/mol. The van der Waals surface area contributed by atoms with E-state index in [-0.39, 0.29) is 0 Å². The van der Waals surface area contributed by atoms with Crippen molar-refractivity contribution in [3.8, 4) is 0 Å². The molecule has 2 unspecified atom stereocenters. The zero-order valence-electron chi connectivity index (χ0n) is 11.3. The van der Waals surface area contributed by atoms with Gasteiger partial charge in [0.25, 0.3) is 0 Å². The van der Waals surface area contributed by atoms with Crippen molar-refractivity contribution in [3.63, 3.8) is 0 Å². The third-order valence-corrected chi connectivity index (χ3v) is 4.57. The van der Waals surface area contributed by atoms with Gasteiger partial charge in [0.15, 0.2) is 0 Å². The van der Waals surface area contributed by atoms with Gasteiger partial charge >= 0.3 is 5.97 Å². The van der Waals surface area contributed by atoms with E-state index in [1.165, 1.54) is 38.3 Å². The van der Waals surface area contributed by atoms with Crippen LogP contribution in [0.3, 0.4) is 0 Å². The maximum atomic E-state index is 11.4. The number of carboxylic acids is 1. The molecule has 0 amide bonds. The molecule has 2 heterocycles. The van der Waals surface area contributed by atoms with Crippen LogP contribution in [0.5, 0.6) is 0 Å². The molecule has 0 spiro atoms. The predicted molar refractivity (Wildman–Crippen MR) is 73.6 cm³/mol. The molecule has 2 atom stereocenters. The molecular weight excluding hydrogens is 240 g/mol. The Bertz CT molecular complexity index is 501. The normalized spacial score (nSPS) is 26.3. The van der Waals surface area contributed by atoms with Gasteiger partial charge in [-0.15, -0.1) is 0 Å². The van der Waals surface area contributed by atoms with Crippen LogP contribution >= 0.6 is 0 Å². The van der Waals surface area contributed by atoms with Crippen molar-refractivity contribution in [1.82, 2.24) is 4.98 Å². The minimum Gasteiger partial charge on any atom is -0.478 e. The lowest BCUT2D eigenvalue weighted by atomic mass is 9.85. The Morgan fingerprint density at radius 2 is 2.16 bits per heavy atom. The zero-order valence-corrected chi connectivity index (χ0v) is 11.3. The number of aryl methyl sites for hydroxylation is 1. The Morgan fingerprint density at radius 3 is 2.95 bits per heavy atom. The molecule has 19 heavy (non-hydrogen) atoms. The van der Waals surface area contributed by atoms with Crippen LogP contribution in [0.1, 0.15) is 48.2 Å². The minimum absolute atomic E-state index is 0.344. The summed E-state index contributed by atoms with van der Waals surface area (Å²) in [6.07, 6.45) is 7.80. The molecule has 4 heteroatoms. The monoisotopic (exact) mass is 260 g/mol. The molecule has 1 N–H and O–H groups in total. The predicted octanol–water partition coefficient (Wildman–Crippen LogP) is 2.86. The summed E-state index contributed by atoms with van der Waals surface area (Å²) in [4.78, 5) is 17.8. The number of aromatic nitrogens is 1. The Hall–Kier alpha value is -1.58. The van der Waals surface area contributed by atoms with Crippen molar-refractivity contribution in [2.75, 3.05) is 11.4 Å². The van der Waals surface area contributed by atoms with Crippen LogP contribution in [0, 0.1) is 12.8 Å². The highest BCUT2D eigenvalue weighted by atomic mass is 16.4. The first-order valence-electron chi connectivity index (χ1n) is 7.13. The molecule has 4 nitrogen and oxygen atoms in total. The second-order valence-electron chi connectivity index (χ2n) is 5.74. The van der Waals surface area contributed by atoms with Gasteiger partial charge in [-0.05, 0) is 38.2 Å². The maximum absolute atomic E-state index is 11.4. The van der Waals surface area contributed by atoms with Gasteiger partial charge in [0.2, 0.25) is 0 Å². The number of aromatic carboxylic acids is 1. The van der Waals surface area contributed by atoms with Gasteiger partial charge in [0.1, 0.15) is 5.56 Å². The molecule has 0 radical (unpaired) electrons. The van der Waals surface area contributed by atoms with Crippen molar-refractivity contribution >= 4 is 11.7 Å². The third-order valence-electron chi connectivity index (χ3n) is 4.57. The summed E-state index contributed by atoms with van der Waals surface area (Å²) in [5, 5.41) is 9.35. The molecule has 2 aliphatic rings. The molecule has 102 valence electrons. The molecular formula is C15H20N2O2. The summed E-state index contributed by atoms with van der Waals surface area (Å²) in [5.74, 6) is -0.120. The molecule has 0 aromatic carbocycles. The first-order valence-corrected chi connectivity index (χ1v) is 7.13. The fourth-order valence-corrected chi connectivity index (χ4v) is 3.65. The summed E-state index contributed by atoms with van der Waals surface area (Å²) in [6.45, 7) is 2.91. The van der Waals surface area contributed by atoms with E-state index in [1.807, 2.05) is 13.0 Å². The standard InChI is InChI=1S/C15H20N2O2/c1-10-8-14(12(9-16-10)15(18)19)17-7-6-11-4-2-3-5-13(11)17/h8-9,11,13H,2-7H2,1H3,(H,18,19). The number of hydrogen-bond acceptors (Lipinski definition) is 3. The summed E-state index contributed by atoms with van der Waals surface area (Å²) in [6, 6.07) is 2.47. The van der Waals surface area contributed by atoms with Crippen LogP contribution in [0.15, 0.2) is 12.3 Å². The van der Waals surface area contributed by atoms with E-state index >= 15 is 0 Å². The van der Waals surface area contributed by atoms with Crippen molar-refractivity contribution < 1.29 is 9.90 Å². The van der Waals surface area contributed by atoms with Gasteiger partial charge in [-0.2, -0.15) is 0 Å². The Labute approximate surface area is 113 Å². The quantitative estimate of drug-likeness (QED) is 0.888. The van der Waals surface area contributed by atoms with Crippen LogP contribution in [-0.4, -0.2) is 28.6 Å². The molecule has 1 saturated carbocycles. The van der Waals surface area contributed by atoms with Crippen LogP contribution in [0.4, 0.5) is 5.69 Å². The number of fused-ring (bicyclic) bond motifs is 1. The van der Waals surface area contributed by atoms with Gasteiger partial charge in [-0.25, -0.2) is 4.79 Å². The number of carboxylic acid groups (broad SMARTS) is 1. The SMILES string of the molecule is Cc1cc(N2CCC3CCCCC32)c(C(=O)O)cn1. The highest BCUT2D eigenvalue weighted by Crippen LogP contribution is 2.39. The van der Waals surface area contributed by atoms with Crippen LogP contribution in [-0.2, 0) is 0 Å². The van der Waals surface area contributed by atoms with E-state index in [9.17, 15) is 9.90 Å². The second kappa shape index (κ2) is 4.83. The van der Waals surface area contributed by atoms with Crippen LogP contribution < -0.4 is 4.90 Å². The molecule has 1 aliphatic carbocycles. The Morgan fingerprint density at radius 1 is 1.37 bits per heavy atom. The van der Waals surface area contributed by atoms with Crippen molar-refractivity contribution in [2.24, 2.45) is 5.92 Å². The third kappa shape index (κ3) is 2.20. The first-order chi connectivity index (χ1) is 9.16. The molecule has 2 fully saturated rings. The largest absolute Gasteiger partial charge is 0.478 e. The lowest BCUT2D eigenvalue weighted by Gasteiger charge is -2.33. The smallest absolute Gasteiger partial charge is 0.339 e. The number of nitrogens with zero attached hydrogens (tertiary/aromatic N) is 2. The van der Waals surface area contributed by atoms with Gasteiger partial charge in [-0.3, -0.25) is 4.98 Å². The van der Waals surface area contributed by atoms with Gasteiger partial charge in [0, 0.05) is 24.5 Å². The van der Waals surface area contributed by atoms with Crippen LogP contribution in [0.2, 0.25) is 0 Å². The maximum Gasteiger partial charge on any atom is 0.339 e. The summed E-state index contributed by atoms with van der Waals surface area (Å²) < 4.78 is 0. The molecule has 3 rings (SSSR count). The van der Waals surface area contributed by atoms with E-state index in [1.54, 1.807) is 0 Å². The summed E-state index contributed by atoms with van der Waals surface area (Å²) in [5.41, 5.74) is 2.10. The first kappa shape index (κ1) is 12.5. The highest BCUT2D eigenvalue weighted by molar-refractivity contribution is 5.94. The number of hydrogen-bond donors (Lipinski definition) is 1. The van der Waals surface area contributed by atoms with Gasteiger partial charge in [0.05, 0.1) is 5.69 Å². The van der Waals surface area contributed by atoms with E-state index in [4.69, 9.17) is 0 Å². The molecule has 1 aromatic heterocycles. The minimum atomic E-state index is -0.873. The van der Waals surface area contributed by atoms with Crippen LogP contribution in [0.25, 0.3) is 0 Å². The summed E-state index contributed by atoms with van der Waals surface area (Å²) in [7, 11) is 0. The number of carbonyl (C=O) groups is 1. The lowest BCUT2D eigenvalue weighted by molar-refractivity contribution is 0.0697. The van der Waals surface area contributed by atoms with Crippen molar-refractivity contribution in [3.05, 3.63) is 23.5 Å². The molecule has 1 aromatic rings.